The highest BCUT2D eigenvalue weighted by atomic mass is 16.2. The molecule has 152 valence electrons. The standard InChI is InChI=1S/C21H24N4O4/c22-12-6-21(7-12)8-13(9-21)23-10-11-2-1-3-14-17(11)20(29)25(19(14)28)15-4-5-16(26)24-18(15)27/h1-3,12-13,15,23H,4-10,22H2,(H,24,26,27). The third kappa shape index (κ3) is 2.89. The Labute approximate surface area is 168 Å². The van der Waals surface area contributed by atoms with Crippen LogP contribution in [0.1, 0.15) is 64.8 Å². The number of rotatable bonds is 4. The Morgan fingerprint density at radius 2 is 1.86 bits per heavy atom. The minimum absolute atomic E-state index is 0.116. The molecule has 1 saturated heterocycles. The van der Waals surface area contributed by atoms with Crippen LogP contribution in [0.4, 0.5) is 0 Å². The van der Waals surface area contributed by atoms with E-state index in [4.69, 9.17) is 5.73 Å². The van der Waals surface area contributed by atoms with Gasteiger partial charge in [-0.05, 0) is 49.1 Å². The van der Waals surface area contributed by atoms with Gasteiger partial charge in [-0.2, -0.15) is 0 Å². The molecular weight excluding hydrogens is 372 g/mol. The minimum atomic E-state index is -0.935. The highest BCUT2D eigenvalue weighted by Crippen LogP contribution is 2.55. The number of benzene rings is 1. The smallest absolute Gasteiger partial charge is 0.262 e. The van der Waals surface area contributed by atoms with Gasteiger partial charge < -0.3 is 11.1 Å². The highest BCUT2D eigenvalue weighted by molar-refractivity contribution is 6.24. The van der Waals surface area contributed by atoms with E-state index in [1.165, 1.54) is 0 Å². The first-order valence-corrected chi connectivity index (χ1v) is 10.2. The van der Waals surface area contributed by atoms with Crippen LogP contribution in [0.2, 0.25) is 0 Å². The molecule has 29 heavy (non-hydrogen) atoms. The van der Waals surface area contributed by atoms with Crippen molar-refractivity contribution in [2.24, 2.45) is 11.1 Å². The maximum atomic E-state index is 13.1. The number of hydrogen-bond acceptors (Lipinski definition) is 6. The summed E-state index contributed by atoms with van der Waals surface area (Å²) in [6.45, 7) is 0.498. The van der Waals surface area contributed by atoms with Crippen LogP contribution < -0.4 is 16.4 Å². The van der Waals surface area contributed by atoms with Crippen LogP contribution in [0.25, 0.3) is 0 Å². The number of nitrogens with two attached hydrogens (primary N) is 1. The van der Waals surface area contributed by atoms with Gasteiger partial charge in [0.1, 0.15) is 6.04 Å². The summed E-state index contributed by atoms with van der Waals surface area (Å²) in [6.07, 6.45) is 4.68. The predicted octanol–water partition coefficient (Wildman–Crippen LogP) is 0.447. The van der Waals surface area contributed by atoms with E-state index in [1.807, 2.05) is 6.07 Å². The molecule has 2 aliphatic heterocycles. The molecule has 2 saturated carbocycles. The number of imide groups is 2. The molecule has 4 amide bonds. The van der Waals surface area contributed by atoms with Gasteiger partial charge in [-0.25, -0.2) is 0 Å². The zero-order chi connectivity index (χ0) is 20.3. The van der Waals surface area contributed by atoms with Crippen molar-refractivity contribution in [3.8, 4) is 0 Å². The zero-order valence-corrected chi connectivity index (χ0v) is 16.1. The molecule has 0 bridgehead atoms. The second kappa shape index (κ2) is 6.47. The van der Waals surface area contributed by atoms with Gasteiger partial charge in [0.05, 0.1) is 11.1 Å². The van der Waals surface area contributed by atoms with Crippen LogP contribution in [0, 0.1) is 5.41 Å². The molecule has 1 aromatic carbocycles. The fourth-order valence-electron chi connectivity index (χ4n) is 5.50. The van der Waals surface area contributed by atoms with Gasteiger partial charge in [0.2, 0.25) is 11.8 Å². The van der Waals surface area contributed by atoms with Crippen LogP contribution >= 0.6 is 0 Å². The molecule has 8 heteroatoms. The predicted molar refractivity (Wildman–Crippen MR) is 103 cm³/mol. The Hall–Kier alpha value is -2.58. The van der Waals surface area contributed by atoms with Crippen LogP contribution in [-0.2, 0) is 16.1 Å². The van der Waals surface area contributed by atoms with Crippen LogP contribution in [0.5, 0.6) is 0 Å². The van der Waals surface area contributed by atoms with E-state index < -0.39 is 23.8 Å². The summed E-state index contributed by atoms with van der Waals surface area (Å²) in [5, 5.41) is 5.72. The molecule has 1 unspecified atom stereocenters. The van der Waals surface area contributed by atoms with Gasteiger partial charge in [0.25, 0.3) is 11.8 Å². The Balaban J connectivity index is 1.30. The van der Waals surface area contributed by atoms with Gasteiger partial charge in [0, 0.05) is 25.0 Å². The van der Waals surface area contributed by atoms with Crippen molar-refractivity contribution in [3.05, 3.63) is 34.9 Å². The van der Waals surface area contributed by atoms with Gasteiger partial charge in [-0.3, -0.25) is 29.4 Å². The normalized spacial score (nSPS) is 33.4. The summed E-state index contributed by atoms with van der Waals surface area (Å²) >= 11 is 0. The average Bonchev–Trinajstić information content (AvgIpc) is 2.88. The monoisotopic (exact) mass is 396 g/mol. The summed E-state index contributed by atoms with van der Waals surface area (Å²) in [4.78, 5) is 50.6. The van der Waals surface area contributed by atoms with E-state index in [1.54, 1.807) is 12.1 Å². The fourth-order valence-corrected chi connectivity index (χ4v) is 5.50. The van der Waals surface area contributed by atoms with Gasteiger partial charge in [0.15, 0.2) is 0 Å². The Kier molecular flexibility index (Phi) is 4.11. The quantitative estimate of drug-likeness (QED) is 0.635. The lowest BCUT2D eigenvalue weighted by Crippen LogP contribution is -2.58. The summed E-state index contributed by atoms with van der Waals surface area (Å²) in [5.74, 6) is -1.88. The molecule has 0 aromatic heterocycles. The summed E-state index contributed by atoms with van der Waals surface area (Å²) in [7, 11) is 0. The molecule has 1 aromatic rings. The van der Waals surface area contributed by atoms with Crippen molar-refractivity contribution in [2.75, 3.05) is 0 Å². The number of carbonyl (C=O) groups is 4. The first-order valence-electron chi connectivity index (χ1n) is 10.2. The fraction of sp³-hybridized carbons (Fsp3) is 0.524. The van der Waals surface area contributed by atoms with Crippen molar-refractivity contribution < 1.29 is 19.2 Å². The van der Waals surface area contributed by atoms with E-state index in [0.29, 0.717) is 35.2 Å². The molecule has 4 N–H and O–H groups in total. The zero-order valence-electron chi connectivity index (χ0n) is 16.1. The molecule has 0 radical (unpaired) electrons. The van der Waals surface area contributed by atoms with Crippen molar-refractivity contribution in [1.29, 1.82) is 0 Å². The lowest BCUT2D eigenvalue weighted by Gasteiger charge is -2.57. The molecule has 3 fully saturated rings. The minimum Gasteiger partial charge on any atom is -0.328 e. The van der Waals surface area contributed by atoms with Crippen LogP contribution in [0.15, 0.2) is 18.2 Å². The summed E-state index contributed by atoms with van der Waals surface area (Å²) in [6, 6.07) is 5.04. The second-order valence-corrected chi connectivity index (χ2v) is 8.94. The third-order valence-electron chi connectivity index (χ3n) is 6.88. The number of fused-ring (bicyclic) bond motifs is 1. The highest BCUT2D eigenvalue weighted by Gasteiger charge is 2.51. The number of carbonyl (C=O) groups excluding carboxylic acids is 4. The van der Waals surface area contributed by atoms with Crippen molar-refractivity contribution in [3.63, 3.8) is 0 Å². The molecular formula is C21H24N4O4. The molecule has 5 rings (SSSR count). The summed E-state index contributed by atoms with van der Waals surface area (Å²) < 4.78 is 0. The van der Waals surface area contributed by atoms with Crippen molar-refractivity contribution >= 4 is 23.6 Å². The largest absolute Gasteiger partial charge is 0.328 e. The lowest BCUT2D eigenvalue weighted by atomic mass is 9.52. The first kappa shape index (κ1) is 18.4. The molecule has 1 atom stereocenters. The maximum absolute atomic E-state index is 13.1. The molecule has 2 aliphatic carbocycles. The van der Waals surface area contributed by atoms with Crippen LogP contribution in [0.3, 0.4) is 0 Å². The maximum Gasteiger partial charge on any atom is 0.262 e. The number of piperidine rings is 1. The number of nitrogens with zero attached hydrogens (tertiary/aromatic N) is 1. The van der Waals surface area contributed by atoms with Gasteiger partial charge in [-0.1, -0.05) is 12.1 Å². The lowest BCUT2D eigenvalue weighted by molar-refractivity contribution is -0.136. The van der Waals surface area contributed by atoms with E-state index in [0.717, 1.165) is 36.1 Å². The van der Waals surface area contributed by atoms with Gasteiger partial charge in [-0.15, -0.1) is 0 Å². The third-order valence-corrected chi connectivity index (χ3v) is 6.88. The van der Waals surface area contributed by atoms with E-state index >= 15 is 0 Å². The number of nitrogens with one attached hydrogen (secondary N) is 2. The molecule has 4 aliphatic rings. The molecule has 8 nitrogen and oxygen atoms in total. The topological polar surface area (TPSA) is 122 Å². The van der Waals surface area contributed by atoms with E-state index in [9.17, 15) is 19.2 Å². The van der Waals surface area contributed by atoms with Crippen LogP contribution in [-0.4, -0.2) is 46.7 Å². The Bertz CT molecular complexity index is 929. The number of hydrogen-bond donors (Lipinski definition) is 3. The van der Waals surface area contributed by atoms with Crippen molar-refractivity contribution in [1.82, 2.24) is 15.5 Å². The summed E-state index contributed by atoms with van der Waals surface area (Å²) in [5.41, 5.74) is 7.80. The van der Waals surface area contributed by atoms with Crippen molar-refractivity contribution in [2.45, 2.75) is 63.2 Å². The molecule has 2 heterocycles. The Morgan fingerprint density at radius 1 is 1.10 bits per heavy atom. The number of amides is 4. The van der Waals surface area contributed by atoms with E-state index in [-0.39, 0.29) is 18.7 Å². The SMILES string of the molecule is NC1CC2(C1)CC(NCc1cccc3c1C(=O)N(C1CCC(=O)NC1=O)C3=O)C2. The second-order valence-electron chi connectivity index (χ2n) is 8.94. The van der Waals surface area contributed by atoms with Gasteiger partial charge >= 0.3 is 0 Å². The average molecular weight is 396 g/mol. The first-order chi connectivity index (χ1) is 13.9. The Morgan fingerprint density at radius 3 is 2.55 bits per heavy atom. The van der Waals surface area contributed by atoms with E-state index in [2.05, 4.69) is 10.6 Å². The molecule has 1 spiro atoms.